The van der Waals surface area contributed by atoms with Crippen LogP contribution in [0, 0.1) is 0 Å². The second-order valence-corrected chi connectivity index (χ2v) is 8.62. The summed E-state index contributed by atoms with van der Waals surface area (Å²) in [6.07, 6.45) is 2.38. The zero-order chi connectivity index (χ0) is 16.0. The van der Waals surface area contributed by atoms with Gasteiger partial charge < -0.3 is 5.32 Å². The van der Waals surface area contributed by atoms with Crippen LogP contribution in [0.2, 0.25) is 0 Å². The summed E-state index contributed by atoms with van der Waals surface area (Å²) >= 11 is 0. The van der Waals surface area contributed by atoms with E-state index in [0.717, 1.165) is 6.42 Å². The summed E-state index contributed by atoms with van der Waals surface area (Å²) < 4.78 is 38.3. The van der Waals surface area contributed by atoms with Gasteiger partial charge in [-0.2, -0.15) is 0 Å². The van der Waals surface area contributed by atoms with Crippen LogP contribution < -0.4 is 10.0 Å². The summed E-state index contributed by atoms with van der Waals surface area (Å²) in [5, 5.41) is 3.19. The van der Waals surface area contributed by atoms with E-state index in [1.807, 2.05) is 6.92 Å². The Labute approximate surface area is 130 Å². The van der Waals surface area contributed by atoms with Crippen LogP contribution in [0.5, 0.6) is 0 Å². The van der Waals surface area contributed by atoms with Gasteiger partial charge >= 0.3 is 0 Å². The van der Waals surface area contributed by atoms with E-state index in [9.17, 15) is 12.6 Å². The topological polar surface area (TPSA) is 75.3 Å². The predicted molar refractivity (Wildman–Crippen MR) is 88.5 cm³/mol. The summed E-state index contributed by atoms with van der Waals surface area (Å²) in [4.78, 5) is 0.239. The van der Waals surface area contributed by atoms with Gasteiger partial charge in [0.05, 0.1) is 5.69 Å². The van der Waals surface area contributed by atoms with Crippen molar-refractivity contribution in [3.8, 4) is 0 Å². The molecular weight excluding hydrogens is 308 g/mol. The first-order valence-electron chi connectivity index (χ1n) is 6.90. The van der Waals surface area contributed by atoms with Gasteiger partial charge in [-0.3, -0.25) is 4.21 Å². The highest BCUT2D eigenvalue weighted by atomic mass is 32.2. The van der Waals surface area contributed by atoms with Crippen molar-refractivity contribution in [1.82, 2.24) is 4.72 Å². The summed E-state index contributed by atoms with van der Waals surface area (Å²) in [6, 6.07) is 6.70. The van der Waals surface area contributed by atoms with Crippen molar-refractivity contribution >= 4 is 26.5 Å². The summed E-state index contributed by atoms with van der Waals surface area (Å²) in [5.74, 6) is 0.591. The Bertz CT molecular complexity index is 586. The van der Waals surface area contributed by atoms with Crippen LogP contribution in [-0.2, 0) is 20.8 Å². The predicted octanol–water partition coefficient (Wildman–Crippen LogP) is 1.94. The van der Waals surface area contributed by atoms with Crippen molar-refractivity contribution in [2.24, 2.45) is 0 Å². The Morgan fingerprint density at radius 3 is 2.38 bits per heavy atom. The van der Waals surface area contributed by atoms with E-state index in [-0.39, 0.29) is 17.0 Å². The van der Waals surface area contributed by atoms with Gasteiger partial charge in [-0.25, -0.2) is 13.1 Å². The van der Waals surface area contributed by atoms with E-state index in [0.29, 0.717) is 11.4 Å². The van der Waals surface area contributed by atoms with Crippen LogP contribution in [0.4, 0.5) is 5.69 Å². The molecule has 1 aromatic rings. The van der Waals surface area contributed by atoms with Gasteiger partial charge in [0.15, 0.2) is 0 Å². The molecule has 1 rings (SSSR count). The highest BCUT2D eigenvalue weighted by Crippen LogP contribution is 2.22. The minimum Gasteiger partial charge on any atom is -0.381 e. The highest BCUT2D eigenvalue weighted by molar-refractivity contribution is 7.89. The number of sulfonamides is 1. The molecule has 2 N–H and O–H groups in total. The van der Waals surface area contributed by atoms with E-state index >= 15 is 0 Å². The monoisotopic (exact) mass is 332 g/mol. The summed E-state index contributed by atoms with van der Waals surface area (Å²) in [7, 11) is -4.38. The molecular formula is C14H24N2O3S2. The Hall–Kier alpha value is -0.920. The van der Waals surface area contributed by atoms with Crippen molar-refractivity contribution in [3.63, 3.8) is 0 Å². The van der Waals surface area contributed by atoms with Gasteiger partial charge in [0.2, 0.25) is 10.0 Å². The molecule has 0 radical (unpaired) electrons. The van der Waals surface area contributed by atoms with Crippen LogP contribution in [0.25, 0.3) is 0 Å². The molecule has 0 bridgehead atoms. The molecule has 0 amide bonds. The second kappa shape index (κ2) is 7.91. The second-order valence-electron chi connectivity index (χ2n) is 5.38. The minimum atomic E-state index is -3.54. The van der Waals surface area contributed by atoms with Gasteiger partial charge in [0.25, 0.3) is 0 Å². The lowest BCUT2D eigenvalue weighted by Gasteiger charge is -2.18. The zero-order valence-electron chi connectivity index (χ0n) is 12.9. The maximum atomic E-state index is 12.3. The third-order valence-corrected chi connectivity index (χ3v) is 5.34. The lowest BCUT2D eigenvalue weighted by atomic mass is 10.2. The smallest absolute Gasteiger partial charge is 0.242 e. The molecule has 2 unspecified atom stereocenters. The SMILES string of the molecule is CC(C)NS(=O)(=O)c1ccccc1NC(C)CCS(C)=O. The number of nitrogens with one attached hydrogen (secondary N) is 2. The van der Waals surface area contributed by atoms with Crippen LogP contribution in [0.1, 0.15) is 27.2 Å². The first-order valence-corrected chi connectivity index (χ1v) is 10.1. The van der Waals surface area contributed by atoms with E-state index < -0.39 is 20.8 Å². The minimum absolute atomic E-state index is 0.0456. The Morgan fingerprint density at radius 1 is 1.19 bits per heavy atom. The van der Waals surface area contributed by atoms with Gasteiger partial charge in [-0.05, 0) is 39.3 Å². The van der Waals surface area contributed by atoms with E-state index in [4.69, 9.17) is 0 Å². The number of rotatable bonds is 8. The highest BCUT2D eigenvalue weighted by Gasteiger charge is 2.19. The molecule has 1 aromatic carbocycles. The molecule has 0 aliphatic rings. The van der Waals surface area contributed by atoms with Gasteiger partial charge in [0, 0.05) is 34.9 Å². The zero-order valence-corrected chi connectivity index (χ0v) is 14.6. The van der Waals surface area contributed by atoms with E-state index in [1.54, 1.807) is 44.4 Å². The third-order valence-electron chi connectivity index (χ3n) is 2.81. The first-order chi connectivity index (χ1) is 9.72. The summed E-state index contributed by atoms with van der Waals surface area (Å²) in [6.45, 7) is 5.52. The molecule has 0 aromatic heterocycles. The maximum absolute atomic E-state index is 12.3. The summed E-state index contributed by atoms with van der Waals surface area (Å²) in [5.41, 5.74) is 0.569. The van der Waals surface area contributed by atoms with Gasteiger partial charge in [0.1, 0.15) is 4.90 Å². The molecule has 0 aliphatic heterocycles. The molecule has 0 saturated heterocycles. The molecule has 0 heterocycles. The largest absolute Gasteiger partial charge is 0.381 e. The van der Waals surface area contributed by atoms with Crippen molar-refractivity contribution in [1.29, 1.82) is 0 Å². The first kappa shape index (κ1) is 18.1. The molecule has 5 nitrogen and oxygen atoms in total. The molecule has 0 saturated carbocycles. The Kier molecular flexibility index (Phi) is 6.83. The van der Waals surface area contributed by atoms with Crippen molar-refractivity contribution in [2.45, 2.75) is 44.2 Å². The van der Waals surface area contributed by atoms with Crippen molar-refractivity contribution < 1.29 is 12.6 Å². The fourth-order valence-electron chi connectivity index (χ4n) is 1.87. The average Bonchev–Trinajstić information content (AvgIpc) is 2.35. The lowest BCUT2D eigenvalue weighted by Crippen LogP contribution is -2.31. The number of hydrogen-bond acceptors (Lipinski definition) is 4. The van der Waals surface area contributed by atoms with Crippen LogP contribution in [0.3, 0.4) is 0 Å². The molecule has 0 aliphatic carbocycles. The molecule has 0 spiro atoms. The normalized spacial score (nSPS) is 14.9. The standard InChI is InChI=1S/C14H24N2O3S2/c1-11(2)16-21(18,19)14-8-6-5-7-13(14)15-12(3)9-10-20(4)17/h5-8,11-12,15-16H,9-10H2,1-4H3. The molecule has 120 valence electrons. The Balaban J connectivity index is 2.92. The van der Waals surface area contributed by atoms with Crippen LogP contribution >= 0.6 is 0 Å². The molecule has 2 atom stereocenters. The van der Waals surface area contributed by atoms with E-state index in [1.165, 1.54) is 0 Å². The molecule has 7 heteroatoms. The number of benzene rings is 1. The number of anilines is 1. The average molecular weight is 332 g/mol. The maximum Gasteiger partial charge on any atom is 0.242 e. The molecule has 0 fully saturated rings. The van der Waals surface area contributed by atoms with Crippen LogP contribution in [0.15, 0.2) is 29.2 Å². The van der Waals surface area contributed by atoms with E-state index in [2.05, 4.69) is 10.0 Å². The number of hydrogen-bond donors (Lipinski definition) is 2. The fraction of sp³-hybridized carbons (Fsp3) is 0.571. The quantitative estimate of drug-likeness (QED) is 0.763. The fourth-order valence-corrected chi connectivity index (χ4v) is 3.98. The van der Waals surface area contributed by atoms with Gasteiger partial charge in [-0.15, -0.1) is 0 Å². The lowest BCUT2D eigenvalue weighted by molar-refractivity contribution is 0.570. The Morgan fingerprint density at radius 2 is 1.81 bits per heavy atom. The third kappa shape index (κ3) is 6.15. The van der Waals surface area contributed by atoms with Crippen LogP contribution in [-0.4, -0.2) is 36.7 Å². The van der Waals surface area contributed by atoms with Crippen molar-refractivity contribution in [3.05, 3.63) is 24.3 Å². The molecule has 21 heavy (non-hydrogen) atoms. The van der Waals surface area contributed by atoms with Gasteiger partial charge in [-0.1, -0.05) is 12.1 Å². The number of para-hydroxylation sites is 1. The van der Waals surface area contributed by atoms with Crippen molar-refractivity contribution in [2.75, 3.05) is 17.3 Å².